The Morgan fingerprint density at radius 2 is 2.06 bits per heavy atom. The molecule has 0 atom stereocenters. The van der Waals surface area contributed by atoms with Crippen molar-refractivity contribution in [2.45, 2.75) is 6.92 Å². The Hall–Kier alpha value is -4.31. The average molecular weight is 415 g/mol. The molecule has 1 amide bonds. The first-order valence-corrected chi connectivity index (χ1v) is 9.40. The molecule has 0 bridgehead atoms. The summed E-state index contributed by atoms with van der Waals surface area (Å²) in [6, 6.07) is 10.8. The van der Waals surface area contributed by atoms with Crippen molar-refractivity contribution in [1.82, 2.24) is 24.6 Å². The molecule has 0 fully saturated rings. The zero-order valence-electron chi connectivity index (χ0n) is 16.3. The molecule has 4 heterocycles. The molecule has 3 aromatic heterocycles. The van der Waals surface area contributed by atoms with Crippen molar-refractivity contribution in [3.05, 3.63) is 77.9 Å². The van der Waals surface area contributed by atoms with Crippen LogP contribution in [0.5, 0.6) is 0 Å². The van der Waals surface area contributed by atoms with Gasteiger partial charge in [0.05, 0.1) is 29.4 Å². The summed E-state index contributed by atoms with van der Waals surface area (Å²) in [5.74, 6) is -0.675. The number of aromatic nitrogens is 5. The van der Waals surface area contributed by atoms with E-state index >= 15 is 0 Å². The molecule has 1 aromatic carbocycles. The molecule has 1 aliphatic heterocycles. The lowest BCUT2D eigenvalue weighted by molar-refractivity contribution is -0.601. The van der Waals surface area contributed by atoms with Crippen LogP contribution in [0, 0.1) is 12.7 Å². The van der Waals surface area contributed by atoms with Crippen molar-refractivity contribution in [3.63, 3.8) is 0 Å². The second kappa shape index (κ2) is 7.50. The number of aryl methyl sites for hydroxylation is 1. The minimum atomic E-state index is -0.635. The first kappa shape index (κ1) is 18.7. The fourth-order valence-electron chi connectivity index (χ4n) is 3.27. The summed E-state index contributed by atoms with van der Waals surface area (Å²) in [5.41, 5.74) is 4.87. The number of carbonyl (C=O) groups is 1. The van der Waals surface area contributed by atoms with Gasteiger partial charge in [0, 0.05) is 17.8 Å². The Bertz CT molecular complexity index is 1380. The van der Waals surface area contributed by atoms with E-state index in [9.17, 15) is 9.18 Å². The maximum Gasteiger partial charge on any atom is 0.312 e. The summed E-state index contributed by atoms with van der Waals surface area (Å²) < 4.78 is 16.0. The predicted molar refractivity (Wildman–Crippen MR) is 111 cm³/mol. The van der Waals surface area contributed by atoms with Crippen LogP contribution in [0.15, 0.2) is 65.9 Å². The third kappa shape index (κ3) is 3.45. The van der Waals surface area contributed by atoms with E-state index in [1.807, 2.05) is 37.3 Å². The molecule has 0 saturated carbocycles. The SMILES string of the molecule is Cc1cncnc1C1=C(C(=O)Nc2cc3nc(-c4ccccc4)nn3cc2F)[NH2+]N=C1. The molecule has 5 rings (SSSR count). The number of nitrogens with zero attached hydrogens (tertiary/aromatic N) is 6. The third-order valence-electron chi connectivity index (χ3n) is 4.80. The van der Waals surface area contributed by atoms with Crippen LogP contribution >= 0.6 is 0 Å². The number of allylic oxidation sites excluding steroid dienone is 1. The Morgan fingerprint density at radius 1 is 1.23 bits per heavy atom. The Labute approximate surface area is 175 Å². The van der Waals surface area contributed by atoms with Gasteiger partial charge < -0.3 is 5.32 Å². The average Bonchev–Trinajstić information content (AvgIpc) is 3.42. The Kier molecular flexibility index (Phi) is 4.53. The molecule has 0 saturated heterocycles. The number of fused-ring (bicyclic) bond motifs is 1. The third-order valence-corrected chi connectivity index (χ3v) is 4.80. The van der Waals surface area contributed by atoms with Gasteiger partial charge in [-0.1, -0.05) is 35.4 Å². The van der Waals surface area contributed by atoms with E-state index in [0.29, 0.717) is 22.7 Å². The summed E-state index contributed by atoms with van der Waals surface area (Å²) in [7, 11) is 0. The molecular weight excluding hydrogens is 399 g/mol. The normalized spacial score (nSPS) is 13.2. The summed E-state index contributed by atoms with van der Waals surface area (Å²) in [6.45, 7) is 1.84. The lowest BCUT2D eigenvalue weighted by atomic mass is 10.1. The highest BCUT2D eigenvalue weighted by atomic mass is 19.1. The number of carbonyl (C=O) groups excluding carboxylic acids is 1. The second-order valence-corrected chi connectivity index (χ2v) is 6.88. The van der Waals surface area contributed by atoms with Crippen molar-refractivity contribution in [2.75, 3.05) is 5.32 Å². The van der Waals surface area contributed by atoms with Gasteiger partial charge in [0.25, 0.3) is 0 Å². The minimum Gasteiger partial charge on any atom is -0.315 e. The van der Waals surface area contributed by atoms with Gasteiger partial charge in [-0.3, -0.25) is 4.79 Å². The summed E-state index contributed by atoms with van der Waals surface area (Å²) in [4.78, 5) is 25.5. The van der Waals surface area contributed by atoms with Gasteiger partial charge in [0.2, 0.25) is 5.70 Å². The topological polar surface area (TPSA) is 114 Å². The number of rotatable bonds is 4. The number of pyridine rings is 1. The van der Waals surface area contributed by atoms with Crippen LogP contribution in [-0.4, -0.2) is 36.7 Å². The van der Waals surface area contributed by atoms with Crippen molar-refractivity contribution >= 4 is 29.0 Å². The van der Waals surface area contributed by atoms with E-state index in [4.69, 9.17) is 0 Å². The highest BCUT2D eigenvalue weighted by molar-refractivity contribution is 6.20. The molecule has 31 heavy (non-hydrogen) atoms. The van der Waals surface area contributed by atoms with E-state index in [-0.39, 0.29) is 11.4 Å². The van der Waals surface area contributed by atoms with Crippen LogP contribution in [0.25, 0.3) is 22.6 Å². The summed E-state index contributed by atoms with van der Waals surface area (Å²) in [5, 5.41) is 11.0. The van der Waals surface area contributed by atoms with Gasteiger partial charge in [-0.2, -0.15) is 5.43 Å². The lowest BCUT2D eigenvalue weighted by Crippen LogP contribution is -2.76. The first-order chi connectivity index (χ1) is 15.1. The van der Waals surface area contributed by atoms with Crippen LogP contribution in [-0.2, 0) is 4.79 Å². The van der Waals surface area contributed by atoms with Crippen LogP contribution in [0.2, 0.25) is 0 Å². The van der Waals surface area contributed by atoms with Crippen molar-refractivity contribution in [2.24, 2.45) is 5.10 Å². The number of hydrogen-bond acceptors (Lipinski definition) is 6. The number of amides is 1. The number of hydrogen-bond donors (Lipinski definition) is 2. The quantitative estimate of drug-likeness (QED) is 0.491. The lowest BCUT2D eigenvalue weighted by Gasteiger charge is -2.07. The van der Waals surface area contributed by atoms with Crippen molar-refractivity contribution < 1.29 is 14.6 Å². The predicted octanol–water partition coefficient (Wildman–Crippen LogP) is 1.55. The highest BCUT2D eigenvalue weighted by Gasteiger charge is 2.27. The molecule has 3 N–H and O–H groups in total. The maximum atomic E-state index is 14.7. The summed E-state index contributed by atoms with van der Waals surface area (Å²) >= 11 is 0. The first-order valence-electron chi connectivity index (χ1n) is 9.40. The number of quaternary nitrogens is 1. The number of nitrogens with two attached hydrogens (primary N) is 1. The highest BCUT2D eigenvalue weighted by Crippen LogP contribution is 2.22. The molecule has 0 unspecified atom stereocenters. The Morgan fingerprint density at radius 3 is 2.87 bits per heavy atom. The van der Waals surface area contributed by atoms with Crippen molar-refractivity contribution in [3.8, 4) is 11.4 Å². The number of benzene rings is 1. The largest absolute Gasteiger partial charge is 0.315 e. The minimum absolute atomic E-state index is 0.00364. The molecular formula is C21H16FN8O+. The fourth-order valence-corrected chi connectivity index (χ4v) is 3.27. The van der Waals surface area contributed by atoms with Crippen LogP contribution < -0.4 is 10.7 Å². The fraction of sp³-hybridized carbons (Fsp3) is 0.0476. The Balaban J connectivity index is 1.47. The molecule has 152 valence electrons. The van der Waals surface area contributed by atoms with Crippen LogP contribution in [0.3, 0.4) is 0 Å². The van der Waals surface area contributed by atoms with Gasteiger partial charge in [-0.15, -0.1) is 5.10 Å². The summed E-state index contributed by atoms with van der Waals surface area (Å²) in [6.07, 6.45) is 5.79. The van der Waals surface area contributed by atoms with Gasteiger partial charge in [0.1, 0.15) is 6.33 Å². The van der Waals surface area contributed by atoms with E-state index in [2.05, 4.69) is 30.5 Å². The smallest absolute Gasteiger partial charge is 0.312 e. The van der Waals surface area contributed by atoms with E-state index < -0.39 is 11.7 Å². The van der Waals surface area contributed by atoms with E-state index in [1.165, 1.54) is 28.5 Å². The van der Waals surface area contributed by atoms with Gasteiger partial charge in [0.15, 0.2) is 17.3 Å². The molecule has 0 aliphatic carbocycles. The molecule has 10 heteroatoms. The van der Waals surface area contributed by atoms with Crippen LogP contribution in [0.1, 0.15) is 11.3 Å². The monoisotopic (exact) mass is 415 g/mol. The van der Waals surface area contributed by atoms with E-state index in [0.717, 1.165) is 11.1 Å². The number of nitrogens with one attached hydrogen (secondary N) is 1. The number of anilines is 1. The second-order valence-electron chi connectivity index (χ2n) is 6.88. The standard InChI is InChI=1S/C21H15FN8O/c1-12-8-23-11-24-18(12)14-9-25-28-19(14)21(31)26-16-7-17-27-20(13-5-3-2-4-6-13)29-30(17)10-15(16)22/h2-11H,1H3,(H,25,28)(H,26,31)/p+1. The molecule has 0 spiro atoms. The van der Waals surface area contributed by atoms with Gasteiger partial charge in [-0.05, 0) is 12.5 Å². The zero-order chi connectivity index (χ0) is 21.4. The van der Waals surface area contributed by atoms with E-state index in [1.54, 1.807) is 12.4 Å². The number of halogens is 1. The molecule has 0 radical (unpaired) electrons. The molecule has 4 aromatic rings. The van der Waals surface area contributed by atoms with Crippen molar-refractivity contribution in [1.29, 1.82) is 0 Å². The maximum absolute atomic E-state index is 14.7. The molecule has 1 aliphatic rings. The molecule has 9 nitrogen and oxygen atoms in total. The van der Waals surface area contributed by atoms with Gasteiger partial charge >= 0.3 is 5.91 Å². The zero-order valence-corrected chi connectivity index (χ0v) is 16.3. The van der Waals surface area contributed by atoms with Gasteiger partial charge in [-0.25, -0.2) is 23.9 Å². The van der Waals surface area contributed by atoms with Crippen LogP contribution in [0.4, 0.5) is 10.1 Å².